The van der Waals surface area contributed by atoms with Crippen molar-refractivity contribution >= 4 is 5.82 Å². The molecule has 0 atom stereocenters. The number of hydrogen-bond donors (Lipinski definition) is 0. The summed E-state index contributed by atoms with van der Waals surface area (Å²) < 4.78 is 42.1. The van der Waals surface area contributed by atoms with E-state index in [2.05, 4.69) is 29.4 Å². The highest BCUT2D eigenvalue weighted by molar-refractivity contribution is 5.38. The third-order valence-electron chi connectivity index (χ3n) is 4.81. The zero-order valence-corrected chi connectivity index (χ0v) is 14.1. The van der Waals surface area contributed by atoms with E-state index in [9.17, 15) is 13.2 Å². The van der Waals surface area contributed by atoms with Crippen LogP contribution in [0.2, 0.25) is 0 Å². The molecule has 4 heterocycles. The molecule has 10 heteroatoms. The van der Waals surface area contributed by atoms with Gasteiger partial charge in [0.05, 0.1) is 6.54 Å². The third kappa shape index (κ3) is 3.65. The van der Waals surface area contributed by atoms with Crippen molar-refractivity contribution in [1.29, 1.82) is 0 Å². The molecule has 0 radical (unpaired) electrons. The number of piperazine rings is 1. The number of aromatic nitrogens is 3. The summed E-state index contributed by atoms with van der Waals surface area (Å²) in [4.78, 5) is 11.1. The molecule has 2 aliphatic heterocycles. The van der Waals surface area contributed by atoms with Crippen LogP contribution in [0.3, 0.4) is 0 Å². The second kappa shape index (κ2) is 6.84. The molecule has 0 N–H and O–H groups in total. The van der Waals surface area contributed by atoms with Gasteiger partial charge in [0.25, 0.3) is 0 Å². The minimum atomic E-state index is -4.59. The van der Waals surface area contributed by atoms with Gasteiger partial charge in [0.2, 0.25) is 5.89 Å². The zero-order chi connectivity index (χ0) is 18.1. The Morgan fingerprint density at radius 3 is 2.46 bits per heavy atom. The normalized spacial score (nSPS) is 20.3. The lowest BCUT2D eigenvalue weighted by Crippen LogP contribution is -2.62. The van der Waals surface area contributed by atoms with Gasteiger partial charge in [0.15, 0.2) is 0 Å². The molecular formula is C16H19F3N6O. The van der Waals surface area contributed by atoms with Crippen LogP contribution in [0.1, 0.15) is 11.8 Å². The highest BCUT2D eigenvalue weighted by Gasteiger charge is 2.39. The molecule has 0 unspecified atom stereocenters. The van der Waals surface area contributed by atoms with Crippen LogP contribution in [-0.4, -0.2) is 70.3 Å². The van der Waals surface area contributed by atoms with E-state index in [1.165, 1.54) is 0 Å². The molecule has 140 valence electrons. The lowest BCUT2D eigenvalue weighted by molar-refractivity contribution is -0.157. The Morgan fingerprint density at radius 1 is 1.08 bits per heavy atom. The van der Waals surface area contributed by atoms with Crippen LogP contribution in [-0.2, 0) is 12.7 Å². The van der Waals surface area contributed by atoms with Gasteiger partial charge in [-0.2, -0.15) is 13.2 Å². The smallest absolute Gasteiger partial charge is 0.416 e. The number of alkyl halides is 3. The molecule has 2 saturated heterocycles. The largest absolute Gasteiger partial charge is 0.470 e. The first kappa shape index (κ1) is 17.2. The number of nitrogens with zero attached hydrogens (tertiary/aromatic N) is 6. The lowest BCUT2D eigenvalue weighted by atomic mass is 10.1. The summed E-state index contributed by atoms with van der Waals surface area (Å²) in [7, 11) is 0. The molecule has 0 bridgehead atoms. The first-order valence-electron chi connectivity index (χ1n) is 8.51. The molecule has 0 aliphatic carbocycles. The number of pyridine rings is 1. The molecule has 2 aromatic heterocycles. The van der Waals surface area contributed by atoms with Gasteiger partial charge in [-0.25, -0.2) is 4.98 Å². The van der Waals surface area contributed by atoms with Crippen molar-refractivity contribution in [2.45, 2.75) is 18.8 Å². The molecule has 2 aromatic rings. The minimum Gasteiger partial charge on any atom is -0.416 e. The fourth-order valence-corrected chi connectivity index (χ4v) is 3.38. The van der Waals surface area contributed by atoms with Crippen molar-refractivity contribution in [1.82, 2.24) is 25.0 Å². The van der Waals surface area contributed by atoms with E-state index in [1.54, 1.807) is 6.20 Å². The average Bonchev–Trinajstić information content (AvgIpc) is 3.08. The van der Waals surface area contributed by atoms with E-state index in [4.69, 9.17) is 0 Å². The predicted octanol–water partition coefficient (Wildman–Crippen LogP) is 1.49. The Kier molecular flexibility index (Phi) is 4.53. The Bertz CT molecular complexity index is 723. The molecule has 4 rings (SSSR count). The molecular weight excluding hydrogens is 349 g/mol. The monoisotopic (exact) mass is 368 g/mol. The SMILES string of the molecule is FC(F)(F)c1nnc(CN2CC(N3CCN(c4ccccn4)CC3)C2)o1. The van der Waals surface area contributed by atoms with Crippen LogP contribution in [0.25, 0.3) is 0 Å². The summed E-state index contributed by atoms with van der Waals surface area (Å²) in [6.45, 7) is 5.61. The highest BCUT2D eigenvalue weighted by Crippen LogP contribution is 2.28. The quantitative estimate of drug-likeness (QED) is 0.810. The molecule has 0 saturated carbocycles. The van der Waals surface area contributed by atoms with Crippen molar-refractivity contribution in [2.75, 3.05) is 44.2 Å². The van der Waals surface area contributed by atoms with E-state index in [1.807, 2.05) is 23.1 Å². The zero-order valence-electron chi connectivity index (χ0n) is 14.1. The maximum atomic E-state index is 12.5. The molecule has 2 aliphatic rings. The standard InChI is InChI=1S/C16H19F3N6O/c17-16(18,19)15-22-21-14(26-15)11-23-9-12(10-23)24-5-7-25(8-6-24)13-3-1-2-4-20-13/h1-4,12H,5-11H2. The van der Waals surface area contributed by atoms with Crippen LogP contribution >= 0.6 is 0 Å². The maximum Gasteiger partial charge on any atom is 0.470 e. The molecule has 26 heavy (non-hydrogen) atoms. The molecule has 0 amide bonds. The van der Waals surface area contributed by atoms with Gasteiger partial charge in [0, 0.05) is 51.5 Å². The van der Waals surface area contributed by atoms with Crippen LogP contribution in [0, 0.1) is 0 Å². The Morgan fingerprint density at radius 2 is 1.85 bits per heavy atom. The van der Waals surface area contributed by atoms with E-state index >= 15 is 0 Å². The molecule has 7 nitrogen and oxygen atoms in total. The predicted molar refractivity (Wildman–Crippen MR) is 86.4 cm³/mol. The lowest BCUT2D eigenvalue weighted by Gasteiger charge is -2.48. The summed E-state index contributed by atoms with van der Waals surface area (Å²) in [5, 5.41) is 6.53. The van der Waals surface area contributed by atoms with Crippen molar-refractivity contribution in [3.63, 3.8) is 0 Å². The summed E-state index contributed by atoms with van der Waals surface area (Å²) >= 11 is 0. The highest BCUT2D eigenvalue weighted by atomic mass is 19.4. The second-order valence-corrected chi connectivity index (χ2v) is 6.56. The number of anilines is 1. The second-order valence-electron chi connectivity index (χ2n) is 6.56. The van der Waals surface area contributed by atoms with Gasteiger partial charge in [-0.3, -0.25) is 9.80 Å². The van der Waals surface area contributed by atoms with Crippen molar-refractivity contribution in [3.05, 3.63) is 36.2 Å². The first-order chi connectivity index (χ1) is 12.5. The topological polar surface area (TPSA) is 61.5 Å². The number of rotatable bonds is 4. The minimum absolute atomic E-state index is 0.00995. The Hall–Kier alpha value is -2.20. The average molecular weight is 368 g/mol. The van der Waals surface area contributed by atoms with Crippen molar-refractivity contribution in [3.8, 4) is 0 Å². The van der Waals surface area contributed by atoms with Crippen LogP contribution in [0.5, 0.6) is 0 Å². The van der Waals surface area contributed by atoms with E-state index in [0.29, 0.717) is 6.04 Å². The van der Waals surface area contributed by atoms with Gasteiger partial charge >= 0.3 is 12.1 Å². The van der Waals surface area contributed by atoms with E-state index in [-0.39, 0.29) is 12.4 Å². The summed E-state index contributed by atoms with van der Waals surface area (Å²) in [5.41, 5.74) is 0. The Balaban J connectivity index is 1.23. The van der Waals surface area contributed by atoms with Crippen LogP contribution in [0.4, 0.5) is 19.0 Å². The Labute approximate surface area is 148 Å². The summed E-state index contributed by atoms with van der Waals surface area (Å²) in [6.07, 6.45) is -2.79. The van der Waals surface area contributed by atoms with E-state index in [0.717, 1.165) is 45.1 Å². The fraction of sp³-hybridized carbons (Fsp3) is 0.562. The maximum absolute atomic E-state index is 12.5. The summed E-state index contributed by atoms with van der Waals surface area (Å²) in [6, 6.07) is 6.33. The van der Waals surface area contributed by atoms with Crippen molar-refractivity contribution in [2.24, 2.45) is 0 Å². The molecule has 0 spiro atoms. The first-order valence-corrected chi connectivity index (χ1v) is 8.51. The molecule has 0 aromatic carbocycles. The summed E-state index contributed by atoms with van der Waals surface area (Å²) in [5.74, 6) is -0.273. The van der Waals surface area contributed by atoms with Gasteiger partial charge in [-0.1, -0.05) is 6.07 Å². The third-order valence-corrected chi connectivity index (χ3v) is 4.81. The van der Waals surface area contributed by atoms with E-state index < -0.39 is 12.1 Å². The van der Waals surface area contributed by atoms with Gasteiger partial charge in [0.1, 0.15) is 5.82 Å². The van der Waals surface area contributed by atoms with Crippen molar-refractivity contribution < 1.29 is 17.6 Å². The molecule has 2 fully saturated rings. The number of halogens is 3. The van der Waals surface area contributed by atoms with Crippen LogP contribution < -0.4 is 4.90 Å². The number of hydrogen-bond acceptors (Lipinski definition) is 7. The number of likely N-dealkylation sites (tertiary alicyclic amines) is 1. The fourth-order valence-electron chi connectivity index (χ4n) is 3.38. The van der Waals surface area contributed by atoms with Crippen LogP contribution in [0.15, 0.2) is 28.8 Å². The van der Waals surface area contributed by atoms with Gasteiger partial charge in [-0.05, 0) is 12.1 Å². The van der Waals surface area contributed by atoms with Gasteiger partial charge in [-0.15, -0.1) is 10.2 Å². The van der Waals surface area contributed by atoms with Gasteiger partial charge < -0.3 is 9.32 Å².